The molecule has 4 aromatic rings. The van der Waals surface area contributed by atoms with E-state index in [0.29, 0.717) is 10.8 Å². The molecule has 26 heavy (non-hydrogen) atoms. The number of fused-ring (bicyclic) bond motifs is 3. The summed E-state index contributed by atoms with van der Waals surface area (Å²) in [5, 5.41) is 0.891. The van der Waals surface area contributed by atoms with Crippen molar-refractivity contribution in [1.29, 1.82) is 0 Å². The normalized spacial score (nSPS) is 24.3. The minimum absolute atomic E-state index is 0.0310. The molecule has 0 bridgehead atoms. The van der Waals surface area contributed by atoms with Gasteiger partial charge in [0, 0.05) is 50.2 Å². The molecule has 0 atom stereocenters. The summed E-state index contributed by atoms with van der Waals surface area (Å²) in [6.07, 6.45) is -6.89. The average molecular weight is 361 g/mol. The summed E-state index contributed by atoms with van der Waals surface area (Å²) in [4.78, 5) is 8.27. The lowest BCUT2D eigenvalue weighted by atomic mass is 9.78. The number of aryl methyl sites for hydroxylation is 1. The second kappa shape index (κ2) is 6.24. The average Bonchev–Trinajstić information content (AvgIpc) is 3.19. The number of furan rings is 1. The Kier molecular flexibility index (Phi) is 1.56. The zero-order chi connectivity index (χ0) is 31.9. The molecule has 0 radical (unpaired) electrons. The number of rotatable bonds is 4. The van der Waals surface area contributed by atoms with Crippen LogP contribution < -0.4 is 0 Å². The molecule has 0 amide bonds. The molecule has 0 aliphatic carbocycles. The van der Waals surface area contributed by atoms with Crippen molar-refractivity contribution < 1.29 is 26.3 Å². The van der Waals surface area contributed by atoms with Gasteiger partial charge in [0.1, 0.15) is 5.58 Å². The molecule has 132 valence electrons. The third-order valence-electron chi connectivity index (χ3n) is 4.21. The van der Waals surface area contributed by atoms with Gasteiger partial charge >= 0.3 is 0 Å². The van der Waals surface area contributed by atoms with Crippen molar-refractivity contribution in [2.24, 2.45) is 0 Å². The molecule has 3 nitrogen and oxygen atoms in total. The maximum absolute atomic E-state index is 8.52. The van der Waals surface area contributed by atoms with Gasteiger partial charge in [0.2, 0.25) is 5.71 Å². The number of aromatic nitrogens is 2. The van der Waals surface area contributed by atoms with E-state index in [-0.39, 0.29) is 28.2 Å². The number of hydrogen-bond donors (Lipinski definition) is 0. The van der Waals surface area contributed by atoms with E-state index in [1.807, 2.05) is 0 Å². The van der Waals surface area contributed by atoms with E-state index in [1.165, 1.54) is 18.2 Å². The highest BCUT2D eigenvalue weighted by molar-refractivity contribution is 6.08. The van der Waals surface area contributed by atoms with Gasteiger partial charge in [-0.25, -0.2) is 4.98 Å². The van der Waals surface area contributed by atoms with Crippen LogP contribution in [0.3, 0.4) is 0 Å². The summed E-state index contributed by atoms with van der Waals surface area (Å²) in [7, 11) is 0. The molecule has 1 aromatic carbocycles. The lowest BCUT2D eigenvalue weighted by molar-refractivity contribution is 0.438. The second-order valence-electron chi connectivity index (χ2n) is 5.76. The summed E-state index contributed by atoms with van der Waals surface area (Å²) in [5.74, 6) is 0. The Bertz CT molecular complexity index is 1620. The maximum Gasteiger partial charge on any atom is 0.227 e. The molecule has 0 unspecified atom stereocenters. The third-order valence-corrected chi connectivity index (χ3v) is 4.21. The van der Waals surface area contributed by atoms with E-state index < -0.39 is 51.1 Å². The van der Waals surface area contributed by atoms with Crippen LogP contribution in [0.1, 0.15) is 66.5 Å². The molecule has 3 heterocycles. The second-order valence-corrected chi connectivity index (χ2v) is 5.76. The van der Waals surface area contributed by atoms with E-state index in [2.05, 4.69) is 9.97 Å². The first-order valence-corrected chi connectivity index (χ1v) is 7.69. The van der Waals surface area contributed by atoms with Crippen LogP contribution in [0.4, 0.5) is 0 Å². The fraction of sp³-hybridized carbons (Fsp3) is 0.304. The Balaban J connectivity index is 2.09. The monoisotopic (exact) mass is 360 g/mol. The van der Waals surface area contributed by atoms with Crippen LogP contribution in [0.15, 0.2) is 53.1 Å². The predicted octanol–water partition coefficient (Wildman–Crippen LogP) is 6.43. The Morgan fingerprint density at radius 3 is 2.85 bits per heavy atom. The van der Waals surface area contributed by atoms with E-state index in [4.69, 9.17) is 26.3 Å². The highest BCUT2D eigenvalue weighted by Crippen LogP contribution is 2.37. The van der Waals surface area contributed by atoms with Gasteiger partial charge in [0.25, 0.3) is 0 Å². The minimum Gasteiger partial charge on any atom is -0.437 e. The first kappa shape index (κ1) is 6.49. The SMILES string of the molecule is [2H]C([2H])([2H])c1ccc2c(n1)oc1c(-c3cc(C(C([2H])([2H])[2H])(C([2H])([2H])C([2H])([2H])[2H])C([2H])([2H])C([2H])([2H])[2H])ccn3)cccc12. The number of nitrogens with zero attached hydrogens (tertiary/aromatic N) is 2. The van der Waals surface area contributed by atoms with Crippen molar-refractivity contribution in [2.45, 2.75) is 45.6 Å². The fourth-order valence-electron chi connectivity index (χ4n) is 2.87. The van der Waals surface area contributed by atoms with Crippen molar-refractivity contribution >= 4 is 22.1 Å². The number of pyridine rings is 2. The van der Waals surface area contributed by atoms with Crippen LogP contribution >= 0.6 is 0 Å². The maximum atomic E-state index is 8.52. The zero-order valence-corrected chi connectivity index (χ0v) is 13.4. The van der Waals surface area contributed by atoms with Crippen molar-refractivity contribution in [3.63, 3.8) is 0 Å². The molecule has 4 rings (SSSR count). The molecule has 3 aromatic heterocycles. The van der Waals surface area contributed by atoms with Crippen LogP contribution in [0, 0.1) is 6.85 Å². The Morgan fingerprint density at radius 1 is 1.12 bits per heavy atom. The van der Waals surface area contributed by atoms with Gasteiger partial charge in [-0.05, 0) is 60.9 Å². The fourth-order valence-corrected chi connectivity index (χ4v) is 2.87. The van der Waals surface area contributed by atoms with Gasteiger partial charge in [-0.1, -0.05) is 32.7 Å². The Morgan fingerprint density at radius 2 is 2.04 bits per heavy atom. The number of hydrogen-bond acceptors (Lipinski definition) is 3. The summed E-state index contributed by atoms with van der Waals surface area (Å²) in [6.45, 7) is -13.9. The predicted molar refractivity (Wildman–Crippen MR) is 107 cm³/mol. The van der Waals surface area contributed by atoms with E-state index in [9.17, 15) is 0 Å². The van der Waals surface area contributed by atoms with Crippen molar-refractivity contribution in [3.05, 3.63) is 59.9 Å². The quantitative estimate of drug-likeness (QED) is 0.421. The molecule has 0 saturated heterocycles. The molecule has 0 spiro atoms. The molecule has 0 aliphatic rings. The van der Waals surface area contributed by atoms with E-state index in [1.54, 1.807) is 12.1 Å². The molecule has 0 fully saturated rings. The first-order valence-electron chi connectivity index (χ1n) is 15.7. The van der Waals surface area contributed by atoms with Gasteiger partial charge in [0.05, 0.1) is 5.69 Å². The Hall–Kier alpha value is -2.68. The first-order chi connectivity index (χ1) is 18.9. The van der Waals surface area contributed by atoms with Crippen LogP contribution in [0.25, 0.3) is 33.3 Å². The number of benzene rings is 1. The molecular formula is C23H24N2O. The van der Waals surface area contributed by atoms with Gasteiger partial charge in [0.15, 0.2) is 0 Å². The molecule has 0 N–H and O–H groups in total. The standard InChI is InChI=1S/C23H24N2O/c1-5-23(4,6-2)16-12-13-24-20(14-16)19-9-7-8-17-18-11-10-15(3)25-22(18)26-21(17)19/h7-14H,5-6H2,1-4H3/i1D3,2D3,3D3,4D3,5D2,6D2. The third kappa shape index (κ3) is 2.59. The summed E-state index contributed by atoms with van der Waals surface area (Å²) in [6, 6.07) is 9.31. The lowest BCUT2D eigenvalue weighted by Crippen LogP contribution is -2.19. The van der Waals surface area contributed by atoms with Gasteiger partial charge in [-0.3, -0.25) is 4.98 Å². The van der Waals surface area contributed by atoms with E-state index in [0.717, 1.165) is 18.3 Å². The zero-order valence-electron chi connectivity index (χ0n) is 29.4. The minimum atomic E-state index is -3.94. The van der Waals surface area contributed by atoms with Crippen LogP contribution in [-0.4, -0.2) is 9.97 Å². The van der Waals surface area contributed by atoms with Crippen molar-refractivity contribution in [3.8, 4) is 11.3 Å². The lowest BCUT2D eigenvalue weighted by Gasteiger charge is -2.27. The molecule has 3 heteroatoms. The van der Waals surface area contributed by atoms with Gasteiger partial charge in [-0.15, -0.1) is 0 Å². The molecule has 0 aliphatic heterocycles. The largest absolute Gasteiger partial charge is 0.437 e. The number of para-hydroxylation sites is 1. The topological polar surface area (TPSA) is 38.9 Å². The molecular weight excluding hydrogens is 320 g/mol. The highest BCUT2D eigenvalue weighted by atomic mass is 16.3. The molecule has 0 saturated carbocycles. The summed E-state index contributed by atoms with van der Waals surface area (Å²) < 4.78 is 135. The van der Waals surface area contributed by atoms with Crippen LogP contribution in [-0.2, 0) is 5.41 Å². The van der Waals surface area contributed by atoms with Gasteiger partial charge in [-0.2, -0.15) is 0 Å². The van der Waals surface area contributed by atoms with Crippen molar-refractivity contribution in [1.82, 2.24) is 9.97 Å². The summed E-state index contributed by atoms with van der Waals surface area (Å²) in [5.41, 5.74) is -4.63. The van der Waals surface area contributed by atoms with Crippen LogP contribution in [0.5, 0.6) is 0 Å². The van der Waals surface area contributed by atoms with Gasteiger partial charge < -0.3 is 4.42 Å². The smallest absolute Gasteiger partial charge is 0.227 e. The highest BCUT2D eigenvalue weighted by Gasteiger charge is 2.23. The summed E-state index contributed by atoms with van der Waals surface area (Å²) >= 11 is 0. The van der Waals surface area contributed by atoms with Crippen LogP contribution in [0.2, 0.25) is 0 Å². The van der Waals surface area contributed by atoms with Crippen molar-refractivity contribution in [2.75, 3.05) is 0 Å². The Labute approximate surface area is 176 Å². The van der Waals surface area contributed by atoms with E-state index >= 15 is 0 Å².